The van der Waals surface area contributed by atoms with E-state index < -0.39 is 0 Å². The molecule has 3 unspecified atom stereocenters. The van der Waals surface area contributed by atoms with Gasteiger partial charge in [-0.15, -0.1) is 24.0 Å². The monoisotopic (exact) mass is 491 g/mol. The van der Waals surface area contributed by atoms with E-state index in [1.807, 2.05) is 13.8 Å². The maximum absolute atomic E-state index is 11.6. The van der Waals surface area contributed by atoms with Gasteiger partial charge >= 0.3 is 0 Å². The third kappa shape index (κ3) is 5.95. The summed E-state index contributed by atoms with van der Waals surface area (Å²) in [5.74, 6) is 3.12. The molecular formula is C20H38IN5O. The summed E-state index contributed by atoms with van der Waals surface area (Å²) in [6.07, 6.45) is 5.86. The third-order valence-corrected chi connectivity index (χ3v) is 6.32. The Morgan fingerprint density at radius 2 is 1.85 bits per heavy atom. The lowest BCUT2D eigenvalue weighted by Crippen LogP contribution is -2.55. The molecule has 1 aliphatic heterocycles. The molecule has 156 valence electrons. The van der Waals surface area contributed by atoms with Gasteiger partial charge in [0.25, 0.3) is 0 Å². The second-order valence-electron chi connectivity index (χ2n) is 8.45. The second kappa shape index (κ2) is 10.8. The maximum atomic E-state index is 11.6. The molecule has 27 heavy (non-hydrogen) atoms. The van der Waals surface area contributed by atoms with Crippen molar-refractivity contribution in [3.05, 3.63) is 0 Å². The van der Waals surface area contributed by atoms with Crippen LogP contribution in [0.5, 0.6) is 0 Å². The molecule has 0 aromatic carbocycles. The van der Waals surface area contributed by atoms with Crippen molar-refractivity contribution in [2.75, 3.05) is 45.8 Å². The van der Waals surface area contributed by atoms with Crippen molar-refractivity contribution in [3.8, 4) is 0 Å². The molecule has 0 spiro atoms. The highest BCUT2D eigenvalue weighted by atomic mass is 127. The van der Waals surface area contributed by atoms with E-state index in [1.54, 1.807) is 0 Å². The number of hydrogen-bond donors (Lipinski definition) is 2. The van der Waals surface area contributed by atoms with Crippen LogP contribution in [-0.4, -0.2) is 73.5 Å². The van der Waals surface area contributed by atoms with Gasteiger partial charge in [0.2, 0.25) is 5.91 Å². The maximum Gasteiger partial charge on any atom is 0.222 e. The van der Waals surface area contributed by atoms with Gasteiger partial charge in [-0.3, -0.25) is 14.7 Å². The van der Waals surface area contributed by atoms with Crippen molar-refractivity contribution in [1.29, 1.82) is 0 Å². The van der Waals surface area contributed by atoms with Crippen LogP contribution in [0.15, 0.2) is 4.99 Å². The Labute approximate surface area is 181 Å². The SMILES string of the molecule is CCNC(=NCCNC(=O)C(C)C)N1CCN(C2CC3CCC2C3)CC1.I. The number of nitrogens with one attached hydrogen (secondary N) is 2. The van der Waals surface area contributed by atoms with Crippen LogP contribution in [0.4, 0.5) is 0 Å². The summed E-state index contributed by atoms with van der Waals surface area (Å²) >= 11 is 0. The van der Waals surface area contributed by atoms with Crippen LogP contribution in [0.25, 0.3) is 0 Å². The number of hydrogen-bond acceptors (Lipinski definition) is 3. The Kier molecular flexibility index (Phi) is 9.11. The van der Waals surface area contributed by atoms with E-state index in [0.29, 0.717) is 13.1 Å². The summed E-state index contributed by atoms with van der Waals surface area (Å²) in [4.78, 5) is 21.5. The lowest BCUT2D eigenvalue weighted by atomic mass is 9.93. The second-order valence-corrected chi connectivity index (χ2v) is 8.45. The number of halogens is 1. The fourth-order valence-corrected chi connectivity index (χ4v) is 4.89. The number of piperazine rings is 1. The molecule has 3 fully saturated rings. The first kappa shape index (κ1) is 22.7. The molecule has 3 atom stereocenters. The number of carbonyl (C=O) groups is 1. The number of guanidine groups is 1. The molecule has 2 N–H and O–H groups in total. The quantitative estimate of drug-likeness (QED) is 0.259. The van der Waals surface area contributed by atoms with Crippen molar-refractivity contribution in [2.24, 2.45) is 22.7 Å². The molecule has 2 aliphatic carbocycles. The van der Waals surface area contributed by atoms with E-state index in [-0.39, 0.29) is 35.8 Å². The summed E-state index contributed by atoms with van der Waals surface area (Å²) < 4.78 is 0. The Balaban J connectivity index is 0.00000261. The number of nitrogens with zero attached hydrogens (tertiary/aromatic N) is 3. The number of rotatable bonds is 6. The van der Waals surface area contributed by atoms with Crippen LogP contribution in [0, 0.1) is 17.8 Å². The summed E-state index contributed by atoms with van der Waals surface area (Å²) in [5.41, 5.74) is 0. The van der Waals surface area contributed by atoms with E-state index in [2.05, 4.69) is 27.4 Å². The van der Waals surface area contributed by atoms with Gasteiger partial charge in [0, 0.05) is 51.2 Å². The minimum absolute atomic E-state index is 0. The molecule has 0 aromatic heterocycles. The van der Waals surface area contributed by atoms with Gasteiger partial charge in [0.1, 0.15) is 0 Å². The molecule has 0 radical (unpaired) electrons. The third-order valence-electron chi connectivity index (χ3n) is 6.32. The first-order valence-electron chi connectivity index (χ1n) is 10.6. The fraction of sp³-hybridized carbons (Fsp3) is 0.900. The molecule has 1 saturated heterocycles. The predicted molar refractivity (Wildman–Crippen MR) is 122 cm³/mol. The normalized spacial score (nSPS) is 28.4. The van der Waals surface area contributed by atoms with Crippen molar-refractivity contribution in [2.45, 2.75) is 52.5 Å². The Morgan fingerprint density at radius 1 is 1.11 bits per heavy atom. The molecule has 1 heterocycles. The summed E-state index contributed by atoms with van der Waals surface area (Å²) in [7, 11) is 0. The van der Waals surface area contributed by atoms with Crippen LogP contribution >= 0.6 is 24.0 Å². The lowest BCUT2D eigenvalue weighted by Gasteiger charge is -2.42. The van der Waals surface area contributed by atoms with E-state index in [1.165, 1.54) is 25.7 Å². The first-order chi connectivity index (χ1) is 12.6. The van der Waals surface area contributed by atoms with Gasteiger partial charge < -0.3 is 15.5 Å². The molecule has 6 nitrogen and oxygen atoms in total. The van der Waals surface area contributed by atoms with Crippen molar-refractivity contribution < 1.29 is 4.79 Å². The molecular weight excluding hydrogens is 453 g/mol. The van der Waals surface area contributed by atoms with E-state index in [9.17, 15) is 4.79 Å². The number of amides is 1. The van der Waals surface area contributed by atoms with Crippen LogP contribution < -0.4 is 10.6 Å². The number of aliphatic imine (C=N–C) groups is 1. The topological polar surface area (TPSA) is 60.0 Å². The van der Waals surface area contributed by atoms with Gasteiger partial charge in [-0.1, -0.05) is 20.3 Å². The summed E-state index contributed by atoms with van der Waals surface area (Å²) in [6.45, 7) is 12.5. The Hall–Kier alpha value is -0.570. The van der Waals surface area contributed by atoms with Gasteiger partial charge in [0.15, 0.2) is 5.96 Å². The van der Waals surface area contributed by atoms with Crippen LogP contribution in [-0.2, 0) is 4.79 Å². The zero-order valence-corrected chi connectivity index (χ0v) is 19.6. The van der Waals surface area contributed by atoms with Crippen molar-refractivity contribution in [3.63, 3.8) is 0 Å². The lowest BCUT2D eigenvalue weighted by molar-refractivity contribution is -0.123. The highest BCUT2D eigenvalue weighted by molar-refractivity contribution is 14.0. The average Bonchev–Trinajstić information content (AvgIpc) is 3.27. The Bertz CT molecular complexity index is 505. The zero-order valence-electron chi connectivity index (χ0n) is 17.2. The molecule has 2 bridgehead atoms. The van der Waals surface area contributed by atoms with Gasteiger partial charge in [-0.25, -0.2) is 0 Å². The Morgan fingerprint density at radius 3 is 2.41 bits per heavy atom. The number of carbonyl (C=O) groups excluding carboxylic acids is 1. The van der Waals surface area contributed by atoms with E-state index in [4.69, 9.17) is 4.99 Å². The molecule has 1 amide bonds. The highest BCUT2D eigenvalue weighted by Gasteiger charge is 2.42. The minimum atomic E-state index is 0. The molecule has 7 heteroatoms. The van der Waals surface area contributed by atoms with Crippen molar-refractivity contribution in [1.82, 2.24) is 20.4 Å². The van der Waals surface area contributed by atoms with Crippen LogP contribution in [0.3, 0.4) is 0 Å². The van der Waals surface area contributed by atoms with E-state index in [0.717, 1.165) is 56.6 Å². The van der Waals surface area contributed by atoms with Crippen molar-refractivity contribution >= 4 is 35.8 Å². The largest absolute Gasteiger partial charge is 0.357 e. The van der Waals surface area contributed by atoms with E-state index >= 15 is 0 Å². The molecule has 0 aromatic rings. The molecule has 3 aliphatic rings. The van der Waals surface area contributed by atoms with Gasteiger partial charge in [0.05, 0.1) is 6.54 Å². The standard InChI is InChI=1S/C20H37N5O.HI/c1-4-21-20(23-8-7-22-19(26)15(2)3)25-11-9-24(10-12-25)18-14-16-5-6-17(18)13-16;/h15-18H,4-14H2,1-3H3,(H,21,23)(H,22,26);1H. The molecule has 2 saturated carbocycles. The predicted octanol–water partition coefficient (Wildman–Crippen LogP) is 2.15. The highest BCUT2D eigenvalue weighted by Crippen LogP contribution is 2.46. The fourth-order valence-electron chi connectivity index (χ4n) is 4.89. The van der Waals surface area contributed by atoms with Gasteiger partial charge in [-0.05, 0) is 38.0 Å². The number of fused-ring (bicyclic) bond motifs is 2. The summed E-state index contributed by atoms with van der Waals surface area (Å²) in [5, 5.41) is 6.36. The zero-order chi connectivity index (χ0) is 18.5. The first-order valence-corrected chi connectivity index (χ1v) is 10.6. The van der Waals surface area contributed by atoms with Crippen LogP contribution in [0.2, 0.25) is 0 Å². The van der Waals surface area contributed by atoms with Crippen LogP contribution in [0.1, 0.15) is 46.5 Å². The molecule has 3 rings (SSSR count). The smallest absolute Gasteiger partial charge is 0.222 e. The summed E-state index contributed by atoms with van der Waals surface area (Å²) in [6, 6.07) is 0.849. The van der Waals surface area contributed by atoms with Gasteiger partial charge in [-0.2, -0.15) is 0 Å². The average molecular weight is 491 g/mol. The minimum Gasteiger partial charge on any atom is -0.357 e.